The summed E-state index contributed by atoms with van der Waals surface area (Å²) in [6.45, 7) is 8.24. The van der Waals surface area contributed by atoms with Gasteiger partial charge in [0.25, 0.3) is 0 Å². The molecule has 0 aliphatic carbocycles. The fourth-order valence-electron chi connectivity index (χ4n) is 4.31. The van der Waals surface area contributed by atoms with E-state index < -0.39 is 0 Å². The summed E-state index contributed by atoms with van der Waals surface area (Å²) in [5.41, 5.74) is 1.20. The lowest BCUT2D eigenvalue weighted by molar-refractivity contribution is 0.0693. The zero-order valence-corrected chi connectivity index (χ0v) is 13.6. The molecule has 4 nitrogen and oxygen atoms in total. The number of hydrogen-bond acceptors (Lipinski definition) is 5. The van der Waals surface area contributed by atoms with Crippen LogP contribution in [0.2, 0.25) is 0 Å². The Kier molecular flexibility index (Phi) is 3.78. The number of rotatable bonds is 5. The van der Waals surface area contributed by atoms with Crippen LogP contribution < -0.4 is 0 Å². The second-order valence-corrected chi connectivity index (χ2v) is 7.48. The molecule has 0 N–H and O–H groups in total. The highest BCUT2D eigenvalue weighted by Gasteiger charge is 2.52. The van der Waals surface area contributed by atoms with Gasteiger partial charge in [0.2, 0.25) is 0 Å². The molecule has 0 amide bonds. The second kappa shape index (κ2) is 5.61. The highest BCUT2D eigenvalue weighted by Crippen LogP contribution is 2.47. The molecule has 0 unspecified atom stereocenters. The van der Waals surface area contributed by atoms with Gasteiger partial charge in [0.15, 0.2) is 0 Å². The van der Waals surface area contributed by atoms with Crippen LogP contribution in [0.4, 0.5) is 0 Å². The minimum absolute atomic E-state index is 0.121. The maximum absolute atomic E-state index is 6.04. The van der Waals surface area contributed by atoms with Gasteiger partial charge in [0.05, 0.1) is 17.9 Å². The Morgan fingerprint density at radius 3 is 2.76 bits per heavy atom. The van der Waals surface area contributed by atoms with E-state index in [-0.39, 0.29) is 6.10 Å². The van der Waals surface area contributed by atoms with Crippen LogP contribution in [-0.4, -0.2) is 41.8 Å². The summed E-state index contributed by atoms with van der Waals surface area (Å²) in [5.74, 6) is 1.56. The van der Waals surface area contributed by atoms with E-state index in [1.54, 1.807) is 11.3 Å². The minimum atomic E-state index is 0.121. The Morgan fingerprint density at radius 1 is 1.38 bits per heavy atom. The van der Waals surface area contributed by atoms with Crippen molar-refractivity contribution in [2.75, 3.05) is 19.7 Å². The van der Waals surface area contributed by atoms with Crippen molar-refractivity contribution in [3.63, 3.8) is 0 Å². The van der Waals surface area contributed by atoms with E-state index in [0.29, 0.717) is 12.2 Å². The lowest BCUT2D eigenvalue weighted by Gasteiger charge is -2.18. The highest BCUT2D eigenvalue weighted by atomic mass is 32.1. The van der Waals surface area contributed by atoms with Crippen LogP contribution in [0.15, 0.2) is 5.38 Å². The van der Waals surface area contributed by atoms with Crippen LogP contribution >= 0.6 is 11.3 Å². The third kappa shape index (κ3) is 2.54. The van der Waals surface area contributed by atoms with Crippen LogP contribution in [0.5, 0.6) is 0 Å². The molecule has 1 aromatic rings. The third-order valence-corrected chi connectivity index (χ3v) is 6.30. The van der Waals surface area contributed by atoms with Gasteiger partial charge < -0.3 is 9.47 Å². The molecular weight excluding hydrogens is 284 g/mol. The monoisotopic (exact) mass is 308 g/mol. The zero-order valence-electron chi connectivity index (χ0n) is 12.8. The molecule has 3 aliphatic heterocycles. The van der Waals surface area contributed by atoms with Gasteiger partial charge in [0.1, 0.15) is 11.1 Å². The van der Waals surface area contributed by atoms with Crippen molar-refractivity contribution in [3.05, 3.63) is 16.1 Å². The first-order valence-corrected chi connectivity index (χ1v) is 9.06. The van der Waals surface area contributed by atoms with Crippen molar-refractivity contribution >= 4 is 11.3 Å². The minimum Gasteiger partial charge on any atom is -0.374 e. The molecule has 0 radical (unpaired) electrons. The maximum Gasteiger partial charge on any atom is 0.122 e. The molecule has 1 aromatic heterocycles. The normalized spacial score (nSPS) is 36.3. The number of fused-ring (bicyclic) bond motifs is 5. The topological polar surface area (TPSA) is 34.6 Å². The Hall–Kier alpha value is -0.490. The van der Waals surface area contributed by atoms with Gasteiger partial charge in [-0.15, -0.1) is 11.3 Å². The van der Waals surface area contributed by atoms with Gasteiger partial charge in [-0.05, 0) is 26.7 Å². The molecule has 3 fully saturated rings. The summed E-state index contributed by atoms with van der Waals surface area (Å²) in [5, 5.41) is 3.30. The van der Waals surface area contributed by atoms with E-state index in [0.717, 1.165) is 30.0 Å². The molecule has 3 saturated heterocycles. The van der Waals surface area contributed by atoms with E-state index in [4.69, 9.17) is 14.5 Å². The Balaban J connectivity index is 1.37. The van der Waals surface area contributed by atoms with Crippen LogP contribution in [0.25, 0.3) is 0 Å². The van der Waals surface area contributed by atoms with Crippen molar-refractivity contribution in [3.8, 4) is 0 Å². The van der Waals surface area contributed by atoms with E-state index in [1.165, 1.54) is 31.6 Å². The molecule has 2 bridgehead atoms. The van der Waals surface area contributed by atoms with Gasteiger partial charge in [-0.25, -0.2) is 4.98 Å². The first-order chi connectivity index (χ1) is 10.2. The predicted octanol–water partition coefficient (Wildman–Crippen LogP) is 2.85. The van der Waals surface area contributed by atoms with E-state index in [2.05, 4.69) is 17.2 Å². The average molecular weight is 308 g/mol. The molecule has 5 heteroatoms. The maximum atomic E-state index is 6.04. The zero-order chi connectivity index (χ0) is 14.4. The molecule has 3 aliphatic rings. The lowest BCUT2D eigenvalue weighted by Crippen LogP contribution is -2.24. The predicted molar refractivity (Wildman–Crippen MR) is 82.3 cm³/mol. The summed E-state index contributed by atoms with van der Waals surface area (Å²) in [6, 6.07) is 0. The number of aromatic nitrogens is 1. The van der Waals surface area contributed by atoms with Crippen LogP contribution in [0, 0.1) is 11.8 Å². The summed E-state index contributed by atoms with van der Waals surface area (Å²) in [7, 11) is 0. The van der Waals surface area contributed by atoms with Crippen molar-refractivity contribution in [2.45, 2.75) is 51.5 Å². The summed E-state index contributed by atoms with van der Waals surface area (Å²) >= 11 is 1.73. The molecule has 116 valence electrons. The third-order valence-electron chi connectivity index (χ3n) is 5.25. The van der Waals surface area contributed by atoms with E-state index in [1.807, 2.05) is 6.92 Å². The average Bonchev–Trinajstić information content (AvgIpc) is 3.21. The van der Waals surface area contributed by atoms with Crippen molar-refractivity contribution in [2.24, 2.45) is 11.8 Å². The smallest absolute Gasteiger partial charge is 0.122 e. The van der Waals surface area contributed by atoms with Gasteiger partial charge >= 0.3 is 0 Å². The Labute approximate surface area is 130 Å². The summed E-state index contributed by atoms with van der Waals surface area (Å²) < 4.78 is 11.7. The molecule has 21 heavy (non-hydrogen) atoms. The van der Waals surface area contributed by atoms with Crippen molar-refractivity contribution in [1.82, 2.24) is 9.88 Å². The van der Waals surface area contributed by atoms with Gasteiger partial charge in [-0.1, -0.05) is 0 Å². The number of likely N-dealkylation sites (tertiary alicyclic amines) is 1. The molecule has 4 heterocycles. The fraction of sp³-hybridized carbons (Fsp3) is 0.812. The molecule has 4 rings (SSSR count). The summed E-state index contributed by atoms with van der Waals surface area (Å²) in [4.78, 5) is 7.34. The SMILES string of the molecule is CCO[C@H](C)c1nc(CN2C[C@@H]3[C@H](C2)[C@H]2CC[C@H]3O2)cs1. The second-order valence-electron chi connectivity index (χ2n) is 6.59. The largest absolute Gasteiger partial charge is 0.374 e. The highest BCUT2D eigenvalue weighted by molar-refractivity contribution is 7.09. The van der Waals surface area contributed by atoms with Crippen molar-refractivity contribution < 1.29 is 9.47 Å². The van der Waals surface area contributed by atoms with Gasteiger partial charge in [-0.2, -0.15) is 0 Å². The summed E-state index contributed by atoms with van der Waals surface area (Å²) in [6.07, 6.45) is 3.79. The fourth-order valence-corrected chi connectivity index (χ4v) is 5.12. The van der Waals surface area contributed by atoms with E-state index >= 15 is 0 Å². The Morgan fingerprint density at radius 2 is 2.10 bits per heavy atom. The van der Waals surface area contributed by atoms with Crippen LogP contribution in [0.1, 0.15) is 43.5 Å². The number of thiazole rings is 1. The standard InChI is InChI=1S/C16H24N2O2S/c1-3-19-10(2)16-17-11(9-21-16)6-18-7-12-13(8-18)15-5-4-14(12)20-15/h9-10,12-15H,3-8H2,1-2H3/t10-,12-,13+,14-,15-/m1/s1. The molecule has 0 aromatic carbocycles. The molecule has 0 spiro atoms. The molecule has 0 saturated carbocycles. The van der Waals surface area contributed by atoms with E-state index in [9.17, 15) is 0 Å². The van der Waals surface area contributed by atoms with Gasteiger partial charge in [0, 0.05) is 43.5 Å². The van der Waals surface area contributed by atoms with Crippen LogP contribution in [0.3, 0.4) is 0 Å². The number of ether oxygens (including phenoxy) is 2. The van der Waals surface area contributed by atoms with Crippen molar-refractivity contribution in [1.29, 1.82) is 0 Å². The first-order valence-electron chi connectivity index (χ1n) is 8.18. The molecular formula is C16H24N2O2S. The Bertz CT molecular complexity index is 488. The van der Waals surface area contributed by atoms with Gasteiger partial charge in [-0.3, -0.25) is 4.90 Å². The lowest BCUT2D eigenvalue weighted by atomic mass is 9.82. The molecule has 5 atom stereocenters. The number of hydrogen-bond donors (Lipinski definition) is 0. The number of nitrogens with zero attached hydrogens (tertiary/aromatic N) is 2. The first kappa shape index (κ1) is 14.1. The quantitative estimate of drug-likeness (QED) is 0.838. The van der Waals surface area contributed by atoms with Crippen LogP contribution in [-0.2, 0) is 16.0 Å².